The molecule has 0 bridgehead atoms. The first-order chi connectivity index (χ1) is 5.08. The average Bonchev–Trinajstić information content (AvgIpc) is 1.85. The van der Waals surface area contributed by atoms with Gasteiger partial charge in [-0.1, -0.05) is 6.42 Å². The van der Waals surface area contributed by atoms with E-state index in [0.29, 0.717) is 0 Å². The van der Waals surface area contributed by atoms with Gasteiger partial charge < -0.3 is 5.32 Å². The third-order valence-corrected chi connectivity index (χ3v) is 2.99. The predicted octanol–water partition coefficient (Wildman–Crippen LogP) is 0.697. The third kappa shape index (κ3) is 3.94. The molecule has 3 nitrogen and oxygen atoms in total. The summed E-state index contributed by atoms with van der Waals surface area (Å²) >= 11 is 0. The first kappa shape index (κ1) is 9.29. The third-order valence-electron chi connectivity index (χ3n) is 1.81. The lowest BCUT2D eigenvalue weighted by Gasteiger charge is -2.21. The molecule has 1 aliphatic heterocycles. The first-order valence-corrected chi connectivity index (χ1v) is 6.21. The Balaban J connectivity index is 2.36. The predicted molar refractivity (Wildman–Crippen MR) is 45.3 cm³/mol. The van der Waals surface area contributed by atoms with Gasteiger partial charge in [0.05, 0.1) is 5.75 Å². The zero-order valence-corrected chi connectivity index (χ0v) is 7.79. The molecule has 1 heterocycles. The summed E-state index contributed by atoms with van der Waals surface area (Å²) in [6, 6.07) is 0.0752. The van der Waals surface area contributed by atoms with Gasteiger partial charge >= 0.3 is 0 Å². The van der Waals surface area contributed by atoms with Crippen molar-refractivity contribution in [3.05, 3.63) is 0 Å². The SMILES string of the molecule is O=S(=O)(Cl)CC1CCCCN1. The van der Waals surface area contributed by atoms with Crippen LogP contribution < -0.4 is 5.32 Å². The average molecular weight is 198 g/mol. The van der Waals surface area contributed by atoms with Gasteiger partial charge in [-0.05, 0) is 19.4 Å². The molecule has 1 aliphatic rings. The van der Waals surface area contributed by atoms with E-state index in [0.717, 1.165) is 25.8 Å². The molecule has 0 aromatic carbocycles. The number of rotatable bonds is 2. The highest BCUT2D eigenvalue weighted by molar-refractivity contribution is 8.13. The first-order valence-electron chi connectivity index (χ1n) is 3.74. The maximum atomic E-state index is 10.6. The molecule has 1 fully saturated rings. The van der Waals surface area contributed by atoms with Crippen LogP contribution in [0.15, 0.2) is 0 Å². The Bertz CT molecular complexity index is 209. The summed E-state index contributed by atoms with van der Waals surface area (Å²) in [7, 11) is 1.78. The van der Waals surface area contributed by atoms with E-state index in [-0.39, 0.29) is 11.8 Å². The minimum Gasteiger partial charge on any atom is -0.313 e. The highest BCUT2D eigenvalue weighted by Gasteiger charge is 2.18. The van der Waals surface area contributed by atoms with Gasteiger partial charge in [-0.3, -0.25) is 0 Å². The van der Waals surface area contributed by atoms with Crippen molar-refractivity contribution < 1.29 is 8.42 Å². The lowest BCUT2D eigenvalue weighted by atomic mass is 10.1. The Morgan fingerprint density at radius 2 is 2.18 bits per heavy atom. The van der Waals surface area contributed by atoms with Gasteiger partial charge in [-0.2, -0.15) is 0 Å². The summed E-state index contributed by atoms with van der Waals surface area (Å²) in [5.74, 6) is 0.0640. The van der Waals surface area contributed by atoms with E-state index in [1.165, 1.54) is 0 Å². The number of halogens is 1. The van der Waals surface area contributed by atoms with Crippen molar-refractivity contribution in [3.63, 3.8) is 0 Å². The Morgan fingerprint density at radius 3 is 2.64 bits per heavy atom. The highest BCUT2D eigenvalue weighted by atomic mass is 35.7. The van der Waals surface area contributed by atoms with Gasteiger partial charge in [-0.25, -0.2) is 8.42 Å². The number of nitrogens with one attached hydrogen (secondary N) is 1. The van der Waals surface area contributed by atoms with Gasteiger partial charge in [-0.15, -0.1) is 0 Å². The van der Waals surface area contributed by atoms with E-state index in [2.05, 4.69) is 5.32 Å². The van der Waals surface area contributed by atoms with Crippen LogP contribution in [-0.4, -0.2) is 26.8 Å². The van der Waals surface area contributed by atoms with Crippen molar-refractivity contribution in [1.82, 2.24) is 5.32 Å². The second-order valence-electron chi connectivity index (χ2n) is 2.85. The second-order valence-corrected chi connectivity index (χ2v) is 5.67. The summed E-state index contributed by atoms with van der Waals surface area (Å²) in [6.07, 6.45) is 3.16. The fraction of sp³-hybridized carbons (Fsp3) is 1.00. The minimum absolute atomic E-state index is 0.0640. The Morgan fingerprint density at radius 1 is 1.45 bits per heavy atom. The summed E-state index contributed by atoms with van der Waals surface area (Å²) in [5, 5.41) is 3.11. The van der Waals surface area contributed by atoms with Crippen LogP contribution in [0.5, 0.6) is 0 Å². The van der Waals surface area contributed by atoms with Crippen LogP contribution in [-0.2, 0) is 9.05 Å². The Labute approximate surface area is 71.5 Å². The molecule has 0 radical (unpaired) electrons. The molecule has 1 atom stereocenters. The van der Waals surface area contributed by atoms with Gasteiger partial charge in [0.15, 0.2) is 0 Å². The van der Waals surface area contributed by atoms with Crippen LogP contribution in [0, 0.1) is 0 Å². The van der Waals surface area contributed by atoms with E-state index < -0.39 is 9.05 Å². The van der Waals surface area contributed by atoms with E-state index >= 15 is 0 Å². The molecular formula is C6H12ClNO2S. The molecule has 0 aliphatic carbocycles. The summed E-state index contributed by atoms with van der Waals surface area (Å²) < 4.78 is 21.2. The van der Waals surface area contributed by atoms with Crippen LogP contribution in [0.25, 0.3) is 0 Å². The normalized spacial score (nSPS) is 26.8. The molecule has 0 amide bonds. The lowest BCUT2D eigenvalue weighted by molar-refractivity contribution is 0.425. The quantitative estimate of drug-likeness (QED) is 0.663. The molecule has 0 spiro atoms. The van der Waals surface area contributed by atoms with Crippen LogP contribution in [0.2, 0.25) is 0 Å². The van der Waals surface area contributed by atoms with Crippen LogP contribution in [0.3, 0.4) is 0 Å². The maximum absolute atomic E-state index is 10.6. The summed E-state index contributed by atoms with van der Waals surface area (Å²) in [6.45, 7) is 0.914. The Kier molecular flexibility index (Phi) is 3.16. The minimum atomic E-state index is -3.31. The summed E-state index contributed by atoms with van der Waals surface area (Å²) in [5.41, 5.74) is 0. The van der Waals surface area contributed by atoms with Crippen molar-refractivity contribution in [2.45, 2.75) is 25.3 Å². The molecule has 5 heteroatoms. The molecular weight excluding hydrogens is 186 g/mol. The summed E-state index contributed by atoms with van der Waals surface area (Å²) in [4.78, 5) is 0. The van der Waals surface area contributed by atoms with E-state index in [1.807, 2.05) is 0 Å². The maximum Gasteiger partial charge on any atom is 0.234 e. The monoisotopic (exact) mass is 197 g/mol. The van der Waals surface area contributed by atoms with Crippen LogP contribution in [0.4, 0.5) is 0 Å². The number of hydrogen-bond donors (Lipinski definition) is 1. The molecule has 66 valence electrons. The van der Waals surface area contributed by atoms with Gasteiger partial charge in [0.1, 0.15) is 0 Å². The fourth-order valence-electron chi connectivity index (χ4n) is 1.31. The highest BCUT2D eigenvalue weighted by Crippen LogP contribution is 2.10. The van der Waals surface area contributed by atoms with Gasteiger partial charge in [0, 0.05) is 16.7 Å². The molecule has 11 heavy (non-hydrogen) atoms. The largest absolute Gasteiger partial charge is 0.313 e. The fourth-order valence-corrected chi connectivity index (χ4v) is 2.53. The second kappa shape index (κ2) is 3.74. The molecule has 1 N–H and O–H groups in total. The number of hydrogen-bond acceptors (Lipinski definition) is 3. The van der Waals surface area contributed by atoms with Gasteiger partial charge in [0.25, 0.3) is 0 Å². The van der Waals surface area contributed by atoms with Crippen molar-refractivity contribution in [2.75, 3.05) is 12.3 Å². The van der Waals surface area contributed by atoms with Gasteiger partial charge in [0.2, 0.25) is 9.05 Å². The van der Waals surface area contributed by atoms with E-state index in [9.17, 15) is 8.42 Å². The lowest BCUT2D eigenvalue weighted by Crippen LogP contribution is -2.38. The van der Waals surface area contributed by atoms with Crippen molar-refractivity contribution >= 4 is 19.7 Å². The topological polar surface area (TPSA) is 46.2 Å². The molecule has 0 aromatic rings. The molecule has 0 saturated carbocycles. The van der Waals surface area contributed by atoms with Crippen LogP contribution in [0.1, 0.15) is 19.3 Å². The zero-order chi connectivity index (χ0) is 8.32. The van der Waals surface area contributed by atoms with Crippen molar-refractivity contribution in [2.24, 2.45) is 0 Å². The zero-order valence-electron chi connectivity index (χ0n) is 6.22. The van der Waals surface area contributed by atoms with Crippen LogP contribution >= 0.6 is 10.7 Å². The van der Waals surface area contributed by atoms with E-state index in [1.54, 1.807) is 0 Å². The number of piperidine rings is 1. The van der Waals surface area contributed by atoms with Crippen molar-refractivity contribution in [3.8, 4) is 0 Å². The molecule has 1 unspecified atom stereocenters. The molecule has 0 aromatic heterocycles. The van der Waals surface area contributed by atoms with Crippen molar-refractivity contribution in [1.29, 1.82) is 0 Å². The standard InChI is InChI=1S/C6H12ClNO2S/c7-11(9,10)5-6-3-1-2-4-8-6/h6,8H,1-5H2. The smallest absolute Gasteiger partial charge is 0.234 e. The molecule has 1 rings (SSSR count). The Hall–Kier alpha value is 0.200. The van der Waals surface area contributed by atoms with E-state index in [4.69, 9.17) is 10.7 Å². The molecule has 1 saturated heterocycles.